The van der Waals surface area contributed by atoms with Gasteiger partial charge in [-0.1, -0.05) is 0 Å². The van der Waals surface area contributed by atoms with E-state index in [0.717, 1.165) is 12.1 Å². The molecule has 0 atom stereocenters. The molecule has 0 aliphatic rings. The summed E-state index contributed by atoms with van der Waals surface area (Å²) in [6, 6.07) is 2.14. The Labute approximate surface area is 84.2 Å². The number of nitrogens with two attached hydrogens (primary N) is 1. The standard InChI is InChI=1S/C8H9FN2O4/c9-7-6(15-4-3-12)2-1-5(8(7)10)11(13)14/h1-2,12H,3-4,10H2. The molecule has 0 bridgehead atoms. The molecule has 0 aromatic heterocycles. The van der Waals surface area contributed by atoms with Gasteiger partial charge in [-0.15, -0.1) is 0 Å². The van der Waals surface area contributed by atoms with Gasteiger partial charge in [-0.05, 0) is 6.07 Å². The maximum absolute atomic E-state index is 13.3. The van der Waals surface area contributed by atoms with Gasteiger partial charge in [0.25, 0.3) is 5.69 Å². The Bertz CT molecular complexity index is 383. The molecule has 0 aliphatic heterocycles. The molecule has 6 nitrogen and oxygen atoms in total. The fraction of sp³-hybridized carbons (Fsp3) is 0.250. The third-order valence-corrected chi connectivity index (χ3v) is 1.67. The molecule has 82 valence electrons. The van der Waals surface area contributed by atoms with Gasteiger partial charge in [-0.25, -0.2) is 4.39 Å². The molecular weight excluding hydrogens is 207 g/mol. The van der Waals surface area contributed by atoms with Gasteiger partial charge in [-0.2, -0.15) is 0 Å². The first-order valence-electron chi connectivity index (χ1n) is 4.04. The lowest BCUT2D eigenvalue weighted by molar-refractivity contribution is -0.384. The summed E-state index contributed by atoms with van der Waals surface area (Å²) in [6.07, 6.45) is 0. The Hall–Kier alpha value is -1.89. The Morgan fingerprint density at radius 3 is 2.80 bits per heavy atom. The topological polar surface area (TPSA) is 98.6 Å². The zero-order chi connectivity index (χ0) is 11.4. The number of ether oxygens (including phenoxy) is 1. The van der Waals surface area contributed by atoms with E-state index in [1.54, 1.807) is 0 Å². The van der Waals surface area contributed by atoms with E-state index < -0.39 is 22.1 Å². The summed E-state index contributed by atoms with van der Waals surface area (Å²) >= 11 is 0. The van der Waals surface area contributed by atoms with Gasteiger partial charge in [-0.3, -0.25) is 10.1 Å². The average Bonchev–Trinajstić information content (AvgIpc) is 2.20. The SMILES string of the molecule is Nc1c([N+](=O)[O-])ccc(OCCO)c1F. The van der Waals surface area contributed by atoms with E-state index in [1.165, 1.54) is 0 Å². The lowest BCUT2D eigenvalue weighted by atomic mass is 10.2. The molecule has 0 saturated heterocycles. The van der Waals surface area contributed by atoms with Gasteiger partial charge in [0.2, 0.25) is 0 Å². The first kappa shape index (κ1) is 11.2. The maximum Gasteiger partial charge on any atom is 0.295 e. The molecule has 3 N–H and O–H groups in total. The Morgan fingerprint density at radius 2 is 2.27 bits per heavy atom. The minimum atomic E-state index is -0.988. The average molecular weight is 216 g/mol. The van der Waals surface area contributed by atoms with Crippen LogP contribution in [0.1, 0.15) is 0 Å². The molecule has 1 rings (SSSR count). The second-order valence-electron chi connectivity index (χ2n) is 2.64. The number of aliphatic hydroxyl groups excluding tert-OH is 1. The van der Waals surface area contributed by atoms with Crippen LogP contribution in [0.25, 0.3) is 0 Å². The van der Waals surface area contributed by atoms with Crippen molar-refractivity contribution in [2.24, 2.45) is 0 Å². The highest BCUT2D eigenvalue weighted by molar-refractivity contribution is 5.62. The van der Waals surface area contributed by atoms with E-state index in [0.29, 0.717) is 0 Å². The summed E-state index contributed by atoms with van der Waals surface area (Å²) in [5.74, 6) is -1.20. The predicted molar refractivity (Wildman–Crippen MR) is 50.0 cm³/mol. The van der Waals surface area contributed by atoms with Crippen LogP contribution in [0.5, 0.6) is 5.75 Å². The largest absolute Gasteiger partial charge is 0.488 e. The van der Waals surface area contributed by atoms with Crippen LogP contribution in [0.15, 0.2) is 12.1 Å². The number of nitrogen functional groups attached to an aromatic ring is 1. The maximum atomic E-state index is 13.3. The summed E-state index contributed by atoms with van der Waals surface area (Å²) in [7, 11) is 0. The van der Waals surface area contributed by atoms with Crippen LogP contribution < -0.4 is 10.5 Å². The van der Waals surface area contributed by atoms with E-state index in [1.807, 2.05) is 0 Å². The molecule has 0 spiro atoms. The summed E-state index contributed by atoms with van der Waals surface area (Å²) in [5.41, 5.74) is 4.11. The minimum absolute atomic E-state index is 0.103. The Balaban J connectivity index is 3.04. The molecule has 0 amide bonds. The number of anilines is 1. The van der Waals surface area contributed by atoms with Crippen molar-refractivity contribution in [3.63, 3.8) is 0 Å². The first-order chi connectivity index (χ1) is 7.07. The minimum Gasteiger partial charge on any atom is -0.488 e. The Kier molecular flexibility index (Phi) is 3.40. The summed E-state index contributed by atoms with van der Waals surface area (Å²) in [4.78, 5) is 9.59. The van der Waals surface area contributed by atoms with Crippen molar-refractivity contribution in [1.29, 1.82) is 0 Å². The number of halogens is 1. The molecule has 15 heavy (non-hydrogen) atoms. The van der Waals surface area contributed by atoms with Gasteiger partial charge in [0, 0.05) is 6.07 Å². The van der Waals surface area contributed by atoms with E-state index in [2.05, 4.69) is 0 Å². The smallest absolute Gasteiger partial charge is 0.295 e. The van der Waals surface area contributed by atoms with Crippen molar-refractivity contribution in [1.82, 2.24) is 0 Å². The quantitative estimate of drug-likeness (QED) is 0.438. The highest BCUT2D eigenvalue weighted by atomic mass is 19.1. The van der Waals surface area contributed by atoms with Crippen LogP contribution in [0, 0.1) is 15.9 Å². The fourth-order valence-electron chi connectivity index (χ4n) is 0.989. The van der Waals surface area contributed by atoms with Gasteiger partial charge in [0.1, 0.15) is 6.61 Å². The summed E-state index contributed by atoms with van der Waals surface area (Å²) in [6.45, 7) is -0.384. The monoisotopic (exact) mass is 216 g/mol. The van der Waals surface area contributed by atoms with Crippen LogP contribution >= 0.6 is 0 Å². The molecule has 0 fully saturated rings. The number of benzene rings is 1. The van der Waals surface area contributed by atoms with Gasteiger partial charge < -0.3 is 15.6 Å². The van der Waals surface area contributed by atoms with Crippen molar-refractivity contribution in [3.8, 4) is 5.75 Å². The molecular formula is C8H9FN2O4. The molecule has 0 radical (unpaired) electrons. The summed E-state index contributed by atoms with van der Waals surface area (Å²) < 4.78 is 18.1. The number of hydrogen-bond donors (Lipinski definition) is 2. The van der Waals surface area contributed by atoms with Crippen molar-refractivity contribution in [2.75, 3.05) is 18.9 Å². The zero-order valence-corrected chi connectivity index (χ0v) is 7.64. The Morgan fingerprint density at radius 1 is 1.60 bits per heavy atom. The molecule has 1 aromatic carbocycles. The van der Waals surface area contributed by atoms with Crippen LogP contribution in [-0.2, 0) is 0 Å². The van der Waals surface area contributed by atoms with Crippen LogP contribution in [-0.4, -0.2) is 23.2 Å². The highest BCUT2D eigenvalue weighted by Crippen LogP contribution is 2.30. The second-order valence-corrected chi connectivity index (χ2v) is 2.64. The third-order valence-electron chi connectivity index (χ3n) is 1.67. The van der Waals surface area contributed by atoms with E-state index in [4.69, 9.17) is 15.6 Å². The van der Waals surface area contributed by atoms with Crippen LogP contribution in [0.3, 0.4) is 0 Å². The molecule has 7 heteroatoms. The lowest BCUT2D eigenvalue weighted by Gasteiger charge is -2.06. The molecule has 0 unspecified atom stereocenters. The third kappa shape index (κ3) is 2.32. The number of rotatable bonds is 4. The van der Waals surface area contributed by atoms with Gasteiger partial charge >= 0.3 is 0 Å². The van der Waals surface area contributed by atoms with Crippen molar-refractivity contribution < 1.29 is 19.2 Å². The normalized spacial score (nSPS) is 10.0. The van der Waals surface area contributed by atoms with Gasteiger partial charge in [0.15, 0.2) is 17.3 Å². The molecule has 1 aromatic rings. The highest BCUT2D eigenvalue weighted by Gasteiger charge is 2.19. The molecule has 0 heterocycles. The molecule has 0 saturated carbocycles. The zero-order valence-electron chi connectivity index (χ0n) is 7.64. The number of nitro groups is 1. The van der Waals surface area contributed by atoms with Crippen molar-refractivity contribution in [3.05, 3.63) is 28.1 Å². The number of nitro benzene ring substituents is 1. The van der Waals surface area contributed by atoms with Crippen LogP contribution in [0.4, 0.5) is 15.8 Å². The van der Waals surface area contributed by atoms with E-state index in [-0.39, 0.29) is 19.0 Å². The lowest BCUT2D eigenvalue weighted by Crippen LogP contribution is -2.06. The van der Waals surface area contributed by atoms with Crippen molar-refractivity contribution in [2.45, 2.75) is 0 Å². The number of hydrogen-bond acceptors (Lipinski definition) is 5. The molecule has 0 aliphatic carbocycles. The summed E-state index contributed by atoms with van der Waals surface area (Å²) in [5, 5.41) is 18.8. The van der Waals surface area contributed by atoms with E-state index in [9.17, 15) is 14.5 Å². The fourth-order valence-corrected chi connectivity index (χ4v) is 0.989. The number of aliphatic hydroxyl groups is 1. The van der Waals surface area contributed by atoms with Gasteiger partial charge in [0.05, 0.1) is 11.5 Å². The van der Waals surface area contributed by atoms with Crippen LogP contribution in [0.2, 0.25) is 0 Å². The predicted octanol–water partition coefficient (Wildman–Crippen LogP) is 0.687. The van der Waals surface area contributed by atoms with E-state index >= 15 is 0 Å². The van der Waals surface area contributed by atoms with Crippen molar-refractivity contribution >= 4 is 11.4 Å². The number of nitrogens with zero attached hydrogens (tertiary/aromatic N) is 1. The second kappa shape index (κ2) is 4.56. The first-order valence-corrected chi connectivity index (χ1v) is 4.04.